The van der Waals surface area contributed by atoms with Crippen molar-refractivity contribution in [3.8, 4) is 11.3 Å². The van der Waals surface area contributed by atoms with E-state index in [-0.39, 0.29) is 17.4 Å². The molecule has 0 bridgehead atoms. The topological polar surface area (TPSA) is 96.3 Å². The molecule has 1 saturated heterocycles. The first-order valence-electron chi connectivity index (χ1n) is 9.06. The van der Waals surface area contributed by atoms with E-state index >= 15 is 0 Å². The summed E-state index contributed by atoms with van der Waals surface area (Å²) in [5.74, 6) is -0.844. The molecule has 3 heterocycles. The second kappa shape index (κ2) is 7.42. The Labute approximate surface area is 158 Å². The van der Waals surface area contributed by atoms with Crippen molar-refractivity contribution in [1.29, 1.82) is 0 Å². The maximum Gasteiger partial charge on any atom is 0.337 e. The number of aromatic carboxylic acids is 1. The monoisotopic (exact) mass is 368 g/mol. The average molecular weight is 368 g/mol. The lowest BCUT2D eigenvalue weighted by Gasteiger charge is -2.36. The molecule has 2 aromatic rings. The Balaban J connectivity index is 1.93. The number of hydrogen-bond acceptors (Lipinski definition) is 5. The maximum atomic E-state index is 12.7. The summed E-state index contributed by atoms with van der Waals surface area (Å²) in [7, 11) is 0. The van der Waals surface area contributed by atoms with E-state index in [0.29, 0.717) is 17.8 Å². The van der Waals surface area contributed by atoms with Gasteiger partial charge in [-0.15, -0.1) is 0 Å². The lowest BCUT2D eigenvalue weighted by atomic mass is 9.88. The minimum Gasteiger partial charge on any atom is -0.478 e. The molecule has 7 nitrogen and oxygen atoms in total. The standard InChI is InChI=1S/C20H24N4O3/c1-20(2,3)19(27)24-8-4-5-13(12-24)16-17(23-7-6-22-16)14-9-15(18(25)26)11-21-10-14/h6-7,9-11,13H,4-5,8,12H2,1-3H3,(H,25,26)/t13-/m1/s1. The number of nitrogens with zero attached hydrogens (tertiary/aromatic N) is 4. The zero-order valence-corrected chi connectivity index (χ0v) is 15.8. The second-order valence-electron chi connectivity index (χ2n) is 7.90. The van der Waals surface area contributed by atoms with Crippen LogP contribution in [-0.2, 0) is 4.79 Å². The van der Waals surface area contributed by atoms with Crippen molar-refractivity contribution in [3.63, 3.8) is 0 Å². The molecule has 1 fully saturated rings. The third-order valence-corrected chi connectivity index (χ3v) is 4.72. The van der Waals surface area contributed by atoms with Crippen LogP contribution in [0.15, 0.2) is 30.9 Å². The number of likely N-dealkylation sites (tertiary alicyclic amines) is 1. The molecular formula is C20H24N4O3. The van der Waals surface area contributed by atoms with Gasteiger partial charge in [0.1, 0.15) is 0 Å². The molecule has 0 radical (unpaired) electrons. The van der Waals surface area contributed by atoms with E-state index < -0.39 is 11.4 Å². The first-order valence-corrected chi connectivity index (χ1v) is 9.06. The zero-order valence-electron chi connectivity index (χ0n) is 15.8. The van der Waals surface area contributed by atoms with Crippen molar-refractivity contribution in [2.24, 2.45) is 5.41 Å². The minimum atomic E-state index is -1.03. The average Bonchev–Trinajstić information content (AvgIpc) is 2.67. The van der Waals surface area contributed by atoms with E-state index in [2.05, 4.69) is 15.0 Å². The van der Waals surface area contributed by atoms with E-state index in [1.807, 2.05) is 25.7 Å². The summed E-state index contributed by atoms with van der Waals surface area (Å²) < 4.78 is 0. The van der Waals surface area contributed by atoms with Crippen molar-refractivity contribution in [3.05, 3.63) is 42.1 Å². The number of rotatable bonds is 3. The molecule has 7 heteroatoms. The summed E-state index contributed by atoms with van der Waals surface area (Å²) in [5.41, 5.74) is 1.72. The predicted octanol–water partition coefficient (Wildman–Crippen LogP) is 2.99. The zero-order chi connectivity index (χ0) is 19.6. The van der Waals surface area contributed by atoms with Gasteiger partial charge in [-0.3, -0.25) is 19.7 Å². The van der Waals surface area contributed by atoms with Crippen LogP contribution in [0.5, 0.6) is 0 Å². The molecule has 3 rings (SSSR count). The number of carbonyl (C=O) groups is 2. The summed E-state index contributed by atoms with van der Waals surface area (Å²) >= 11 is 0. The molecule has 0 saturated carbocycles. The molecule has 0 aromatic carbocycles. The number of carbonyl (C=O) groups excluding carboxylic acids is 1. The molecule has 0 spiro atoms. The summed E-state index contributed by atoms with van der Waals surface area (Å²) in [5, 5.41) is 9.23. The molecule has 1 atom stereocenters. The molecule has 1 aliphatic rings. The first kappa shape index (κ1) is 18.9. The molecule has 27 heavy (non-hydrogen) atoms. The number of piperidine rings is 1. The number of carboxylic acid groups (broad SMARTS) is 1. The van der Waals surface area contributed by atoms with Gasteiger partial charge in [0.15, 0.2) is 0 Å². The van der Waals surface area contributed by atoms with Crippen LogP contribution in [0.1, 0.15) is 55.6 Å². The normalized spacial score (nSPS) is 17.6. The van der Waals surface area contributed by atoms with Gasteiger partial charge < -0.3 is 10.0 Å². The Bertz CT molecular complexity index is 860. The van der Waals surface area contributed by atoms with Crippen LogP contribution in [0.4, 0.5) is 0 Å². The maximum absolute atomic E-state index is 12.7. The Morgan fingerprint density at radius 1 is 1.19 bits per heavy atom. The SMILES string of the molecule is CC(C)(C)C(=O)N1CCC[C@@H](c2nccnc2-c2cncc(C(=O)O)c2)C1. The highest BCUT2D eigenvalue weighted by Gasteiger charge is 2.33. The van der Waals surface area contributed by atoms with E-state index in [1.54, 1.807) is 24.7 Å². The van der Waals surface area contributed by atoms with Crippen LogP contribution in [0.25, 0.3) is 11.3 Å². The summed E-state index contributed by atoms with van der Waals surface area (Å²) in [6.07, 6.45) is 7.94. The van der Waals surface area contributed by atoms with Crippen LogP contribution >= 0.6 is 0 Å². The van der Waals surface area contributed by atoms with Crippen LogP contribution in [0.3, 0.4) is 0 Å². The number of aromatic nitrogens is 3. The Kier molecular flexibility index (Phi) is 5.21. The van der Waals surface area contributed by atoms with E-state index in [4.69, 9.17) is 0 Å². The van der Waals surface area contributed by atoms with Crippen LogP contribution in [0.2, 0.25) is 0 Å². The van der Waals surface area contributed by atoms with Gasteiger partial charge in [0, 0.05) is 54.8 Å². The van der Waals surface area contributed by atoms with E-state index in [9.17, 15) is 14.7 Å². The van der Waals surface area contributed by atoms with E-state index in [1.165, 1.54) is 6.20 Å². The quantitative estimate of drug-likeness (QED) is 0.895. The molecule has 0 unspecified atom stereocenters. The van der Waals surface area contributed by atoms with Crippen molar-refractivity contribution in [2.45, 2.75) is 39.5 Å². The highest BCUT2D eigenvalue weighted by atomic mass is 16.4. The Hall–Kier alpha value is -2.83. The smallest absolute Gasteiger partial charge is 0.337 e. The van der Waals surface area contributed by atoms with Gasteiger partial charge in [0.25, 0.3) is 0 Å². The number of pyridine rings is 1. The minimum absolute atomic E-state index is 0.0576. The number of hydrogen-bond donors (Lipinski definition) is 1. The molecular weight excluding hydrogens is 344 g/mol. The number of amides is 1. The van der Waals surface area contributed by atoms with Crippen molar-refractivity contribution >= 4 is 11.9 Å². The predicted molar refractivity (Wildman–Crippen MR) is 100 cm³/mol. The fourth-order valence-electron chi connectivity index (χ4n) is 3.42. The van der Waals surface area contributed by atoms with Gasteiger partial charge in [0.05, 0.1) is 17.0 Å². The summed E-state index contributed by atoms with van der Waals surface area (Å²) in [6, 6.07) is 1.56. The summed E-state index contributed by atoms with van der Waals surface area (Å²) in [6.45, 7) is 7.12. The summed E-state index contributed by atoms with van der Waals surface area (Å²) in [4.78, 5) is 38.9. The van der Waals surface area contributed by atoms with Gasteiger partial charge >= 0.3 is 5.97 Å². The molecule has 1 aliphatic heterocycles. The van der Waals surface area contributed by atoms with Crippen molar-refractivity contribution in [1.82, 2.24) is 19.9 Å². The molecule has 142 valence electrons. The van der Waals surface area contributed by atoms with Gasteiger partial charge in [0.2, 0.25) is 5.91 Å². The fraction of sp³-hybridized carbons (Fsp3) is 0.450. The Morgan fingerprint density at radius 3 is 2.63 bits per heavy atom. The number of carboxylic acids is 1. The molecule has 1 N–H and O–H groups in total. The Morgan fingerprint density at radius 2 is 1.93 bits per heavy atom. The lowest BCUT2D eigenvalue weighted by molar-refractivity contribution is -0.140. The van der Waals surface area contributed by atoms with E-state index in [0.717, 1.165) is 25.1 Å². The third-order valence-electron chi connectivity index (χ3n) is 4.72. The molecule has 2 aromatic heterocycles. The molecule has 1 amide bonds. The van der Waals surface area contributed by atoms with Gasteiger partial charge in [-0.05, 0) is 18.9 Å². The highest BCUT2D eigenvalue weighted by molar-refractivity contribution is 5.88. The van der Waals surface area contributed by atoms with Crippen LogP contribution < -0.4 is 0 Å². The van der Waals surface area contributed by atoms with Gasteiger partial charge in [-0.1, -0.05) is 20.8 Å². The first-order chi connectivity index (χ1) is 12.8. The van der Waals surface area contributed by atoms with Gasteiger partial charge in [-0.25, -0.2) is 4.79 Å². The van der Waals surface area contributed by atoms with Crippen molar-refractivity contribution in [2.75, 3.05) is 13.1 Å². The second-order valence-corrected chi connectivity index (χ2v) is 7.90. The largest absolute Gasteiger partial charge is 0.478 e. The fourth-order valence-corrected chi connectivity index (χ4v) is 3.42. The molecule has 0 aliphatic carbocycles. The lowest BCUT2D eigenvalue weighted by Crippen LogP contribution is -2.44. The highest BCUT2D eigenvalue weighted by Crippen LogP contribution is 2.33. The third kappa shape index (κ3) is 4.13. The van der Waals surface area contributed by atoms with Gasteiger partial charge in [-0.2, -0.15) is 0 Å². The van der Waals surface area contributed by atoms with Crippen molar-refractivity contribution < 1.29 is 14.7 Å². The van der Waals surface area contributed by atoms with Crippen LogP contribution in [0, 0.1) is 5.41 Å². The van der Waals surface area contributed by atoms with Crippen LogP contribution in [-0.4, -0.2) is 49.9 Å².